The van der Waals surface area contributed by atoms with Crippen molar-refractivity contribution < 1.29 is 23.1 Å². The Hall–Kier alpha value is -2.38. The molecule has 132 valence electrons. The number of carboxylic acid groups (broad SMARTS) is 1. The molecule has 2 aromatic carbocycles. The van der Waals surface area contributed by atoms with E-state index in [0.717, 1.165) is 24.0 Å². The van der Waals surface area contributed by atoms with Crippen LogP contribution in [0, 0.1) is 0 Å². The van der Waals surface area contributed by atoms with Crippen LogP contribution >= 0.6 is 0 Å². The smallest absolute Gasteiger partial charge is 0.322 e. The number of nitrogens with one attached hydrogen (secondary N) is 1. The van der Waals surface area contributed by atoms with Crippen LogP contribution in [0.1, 0.15) is 17.5 Å². The number of aryl methyl sites for hydroxylation is 1. The summed E-state index contributed by atoms with van der Waals surface area (Å²) in [5, 5.41) is 9.39. The fourth-order valence-electron chi connectivity index (χ4n) is 2.79. The predicted molar refractivity (Wildman–Crippen MR) is 92.1 cm³/mol. The summed E-state index contributed by atoms with van der Waals surface area (Å²) in [5.74, 6) is -0.530. The van der Waals surface area contributed by atoms with E-state index >= 15 is 0 Å². The third-order valence-corrected chi connectivity index (χ3v) is 5.54. The second-order valence-corrected chi connectivity index (χ2v) is 7.64. The van der Waals surface area contributed by atoms with Gasteiger partial charge in [-0.25, -0.2) is 8.42 Å². The van der Waals surface area contributed by atoms with Gasteiger partial charge in [0.15, 0.2) is 0 Å². The van der Waals surface area contributed by atoms with Crippen LogP contribution in [0.3, 0.4) is 0 Å². The molecule has 0 aliphatic carbocycles. The number of hydrogen-bond acceptors (Lipinski definition) is 4. The molecule has 6 nitrogen and oxygen atoms in total. The average molecular weight is 361 g/mol. The van der Waals surface area contributed by atoms with Crippen molar-refractivity contribution in [2.45, 2.75) is 30.2 Å². The lowest BCUT2D eigenvalue weighted by atomic mass is 10.1. The first-order chi connectivity index (χ1) is 12.0. The molecule has 1 atom stereocenters. The SMILES string of the molecule is O=C(O)[C@H](Cc1ccccc1)NS(=O)(=O)c1ccc2c(c1)CCCO2. The van der Waals surface area contributed by atoms with E-state index < -0.39 is 22.0 Å². The minimum absolute atomic E-state index is 0.0519. The molecule has 1 heterocycles. The number of hydrogen-bond donors (Lipinski definition) is 2. The quantitative estimate of drug-likeness (QED) is 0.821. The molecule has 0 amide bonds. The molecule has 2 aromatic rings. The number of fused-ring (bicyclic) bond motifs is 1. The standard InChI is InChI=1S/C18H19NO5S/c20-18(21)16(11-13-5-2-1-3-6-13)19-25(22,23)15-8-9-17-14(12-15)7-4-10-24-17/h1-3,5-6,8-9,12,16,19H,4,7,10-11H2,(H,20,21)/t16-/m0/s1. The maximum Gasteiger partial charge on any atom is 0.322 e. The zero-order valence-electron chi connectivity index (χ0n) is 13.5. The Morgan fingerprint density at radius 3 is 2.68 bits per heavy atom. The zero-order chi connectivity index (χ0) is 17.9. The Morgan fingerprint density at radius 1 is 1.20 bits per heavy atom. The lowest BCUT2D eigenvalue weighted by Gasteiger charge is -2.19. The number of aliphatic carboxylic acids is 1. The highest BCUT2D eigenvalue weighted by Gasteiger charge is 2.26. The van der Waals surface area contributed by atoms with Crippen LogP contribution in [0.4, 0.5) is 0 Å². The van der Waals surface area contributed by atoms with Crippen molar-refractivity contribution in [1.29, 1.82) is 0 Å². The fourth-order valence-corrected chi connectivity index (χ4v) is 4.03. The Labute approximate surface area is 146 Å². The molecule has 0 saturated carbocycles. The summed E-state index contributed by atoms with van der Waals surface area (Å²) in [5.41, 5.74) is 1.57. The van der Waals surface area contributed by atoms with Crippen molar-refractivity contribution in [2.24, 2.45) is 0 Å². The molecule has 1 aliphatic heterocycles. The van der Waals surface area contributed by atoms with Gasteiger partial charge < -0.3 is 9.84 Å². The Bertz CT molecular complexity index is 864. The van der Waals surface area contributed by atoms with Crippen molar-refractivity contribution in [3.8, 4) is 5.75 Å². The molecule has 0 fully saturated rings. The largest absolute Gasteiger partial charge is 0.493 e. The van der Waals surface area contributed by atoms with Crippen LogP contribution < -0.4 is 9.46 Å². The summed E-state index contributed by atoms with van der Waals surface area (Å²) in [6.45, 7) is 0.621. The summed E-state index contributed by atoms with van der Waals surface area (Å²) in [7, 11) is -3.94. The van der Waals surface area contributed by atoms with Crippen molar-refractivity contribution in [2.75, 3.05) is 6.61 Å². The first-order valence-corrected chi connectivity index (χ1v) is 9.49. The Morgan fingerprint density at radius 2 is 1.96 bits per heavy atom. The minimum Gasteiger partial charge on any atom is -0.493 e. The number of sulfonamides is 1. The van der Waals surface area contributed by atoms with Crippen LogP contribution in [-0.2, 0) is 27.7 Å². The number of benzene rings is 2. The third-order valence-electron chi connectivity index (χ3n) is 4.07. The van der Waals surface area contributed by atoms with E-state index in [2.05, 4.69) is 4.72 Å². The highest BCUT2D eigenvalue weighted by Crippen LogP contribution is 2.27. The lowest BCUT2D eigenvalue weighted by molar-refractivity contribution is -0.138. The van der Waals surface area contributed by atoms with Crippen molar-refractivity contribution >= 4 is 16.0 Å². The van der Waals surface area contributed by atoms with Gasteiger partial charge in [0, 0.05) is 0 Å². The molecule has 0 spiro atoms. The van der Waals surface area contributed by atoms with E-state index in [-0.39, 0.29) is 11.3 Å². The van der Waals surface area contributed by atoms with Gasteiger partial charge in [-0.2, -0.15) is 4.72 Å². The van der Waals surface area contributed by atoms with Gasteiger partial charge in [-0.3, -0.25) is 4.79 Å². The van der Waals surface area contributed by atoms with E-state index in [1.807, 2.05) is 6.07 Å². The summed E-state index contributed by atoms with van der Waals surface area (Å²) >= 11 is 0. The molecule has 7 heteroatoms. The number of ether oxygens (including phenoxy) is 1. The molecular formula is C18H19NO5S. The van der Waals surface area contributed by atoms with Crippen molar-refractivity contribution in [1.82, 2.24) is 4.72 Å². The fraction of sp³-hybridized carbons (Fsp3) is 0.278. The highest BCUT2D eigenvalue weighted by molar-refractivity contribution is 7.89. The second kappa shape index (κ2) is 7.25. The molecule has 0 aromatic heterocycles. The lowest BCUT2D eigenvalue weighted by Crippen LogP contribution is -2.42. The van der Waals surface area contributed by atoms with Crippen LogP contribution in [0.2, 0.25) is 0 Å². The van der Waals surface area contributed by atoms with Gasteiger partial charge in [-0.15, -0.1) is 0 Å². The molecule has 0 unspecified atom stereocenters. The van der Waals surface area contributed by atoms with Crippen LogP contribution in [0.15, 0.2) is 53.4 Å². The molecule has 3 rings (SSSR count). The van der Waals surface area contributed by atoms with Gasteiger partial charge in [-0.05, 0) is 48.6 Å². The molecule has 2 N–H and O–H groups in total. The molecular weight excluding hydrogens is 342 g/mol. The second-order valence-electron chi connectivity index (χ2n) is 5.92. The summed E-state index contributed by atoms with van der Waals surface area (Å²) < 4.78 is 33.0. The molecule has 0 saturated heterocycles. The van der Waals surface area contributed by atoms with Gasteiger partial charge in [0.25, 0.3) is 0 Å². The predicted octanol–water partition coefficient (Wildman–Crippen LogP) is 1.99. The maximum absolute atomic E-state index is 12.6. The zero-order valence-corrected chi connectivity index (χ0v) is 14.3. The number of carbonyl (C=O) groups is 1. The average Bonchev–Trinajstić information content (AvgIpc) is 2.61. The van der Waals surface area contributed by atoms with Gasteiger partial charge in [0.2, 0.25) is 10.0 Å². The topological polar surface area (TPSA) is 92.7 Å². The number of carboxylic acids is 1. The van der Waals surface area contributed by atoms with Gasteiger partial charge >= 0.3 is 5.97 Å². The van der Waals surface area contributed by atoms with E-state index in [1.54, 1.807) is 36.4 Å². The molecule has 1 aliphatic rings. The van der Waals surface area contributed by atoms with E-state index in [9.17, 15) is 18.3 Å². The first kappa shape index (κ1) is 17.4. The maximum atomic E-state index is 12.6. The van der Waals surface area contributed by atoms with E-state index in [4.69, 9.17) is 4.74 Å². The van der Waals surface area contributed by atoms with Crippen LogP contribution in [-0.4, -0.2) is 32.1 Å². The molecule has 0 bridgehead atoms. The van der Waals surface area contributed by atoms with Gasteiger partial charge in [0.1, 0.15) is 11.8 Å². The van der Waals surface area contributed by atoms with Crippen LogP contribution in [0.25, 0.3) is 0 Å². The Kier molecular flexibility index (Phi) is 5.06. The molecule has 25 heavy (non-hydrogen) atoms. The number of rotatable bonds is 6. The van der Waals surface area contributed by atoms with Crippen molar-refractivity contribution in [3.05, 3.63) is 59.7 Å². The van der Waals surface area contributed by atoms with Gasteiger partial charge in [0.05, 0.1) is 11.5 Å². The first-order valence-electron chi connectivity index (χ1n) is 8.00. The van der Waals surface area contributed by atoms with Crippen molar-refractivity contribution in [3.63, 3.8) is 0 Å². The third kappa shape index (κ3) is 4.18. The highest BCUT2D eigenvalue weighted by atomic mass is 32.2. The minimum atomic E-state index is -3.94. The van der Waals surface area contributed by atoms with Crippen LogP contribution in [0.5, 0.6) is 5.75 Å². The van der Waals surface area contributed by atoms with E-state index in [1.165, 1.54) is 6.07 Å². The molecule has 0 radical (unpaired) electrons. The summed E-state index contributed by atoms with van der Waals surface area (Å²) in [6.07, 6.45) is 1.64. The van der Waals surface area contributed by atoms with Gasteiger partial charge in [-0.1, -0.05) is 30.3 Å². The summed E-state index contributed by atoms with van der Waals surface area (Å²) in [6, 6.07) is 12.3. The summed E-state index contributed by atoms with van der Waals surface area (Å²) in [4.78, 5) is 11.6. The Balaban J connectivity index is 1.82. The monoisotopic (exact) mass is 361 g/mol. The van der Waals surface area contributed by atoms with E-state index in [0.29, 0.717) is 12.4 Å². The normalized spacial score (nSPS) is 15.0.